The van der Waals surface area contributed by atoms with Gasteiger partial charge in [0.15, 0.2) is 5.69 Å². The fourth-order valence-electron chi connectivity index (χ4n) is 2.90. The third kappa shape index (κ3) is 3.37. The number of hydrogen-bond acceptors (Lipinski definition) is 5. The molecule has 1 aliphatic rings. The quantitative estimate of drug-likeness (QED) is 0.836. The zero-order chi connectivity index (χ0) is 15.6. The van der Waals surface area contributed by atoms with Crippen molar-refractivity contribution >= 4 is 11.8 Å². The van der Waals surface area contributed by atoms with E-state index in [1.807, 2.05) is 11.5 Å². The highest BCUT2D eigenvalue weighted by atomic mass is 16.5. The molecular weight excluding hydrogens is 268 g/mol. The van der Waals surface area contributed by atoms with Gasteiger partial charge in [0.05, 0.1) is 6.61 Å². The van der Waals surface area contributed by atoms with Gasteiger partial charge in [-0.1, -0.05) is 0 Å². The molecule has 2 heterocycles. The number of ether oxygens (including phenoxy) is 1. The maximum atomic E-state index is 11.8. The lowest BCUT2D eigenvalue weighted by molar-refractivity contribution is 0.0521. The molecule has 0 radical (unpaired) electrons. The first kappa shape index (κ1) is 15.8. The van der Waals surface area contributed by atoms with Gasteiger partial charge in [-0.2, -0.15) is 0 Å². The maximum Gasteiger partial charge on any atom is 0.360 e. The monoisotopic (exact) mass is 294 g/mol. The number of rotatable bonds is 5. The van der Waals surface area contributed by atoms with Gasteiger partial charge in [0.1, 0.15) is 11.6 Å². The number of nitrogen functional groups attached to an aromatic ring is 1. The molecule has 1 aliphatic heterocycles. The summed E-state index contributed by atoms with van der Waals surface area (Å²) in [5.74, 6) is 1.32. The highest BCUT2D eigenvalue weighted by Gasteiger charge is 2.27. The smallest absolute Gasteiger partial charge is 0.360 e. The van der Waals surface area contributed by atoms with Gasteiger partial charge >= 0.3 is 5.97 Å². The Hall–Kier alpha value is -1.56. The van der Waals surface area contributed by atoms with Crippen molar-refractivity contribution in [1.29, 1.82) is 0 Å². The van der Waals surface area contributed by atoms with Crippen LogP contribution in [0.15, 0.2) is 0 Å². The molecule has 1 saturated heterocycles. The van der Waals surface area contributed by atoms with Crippen molar-refractivity contribution in [3.05, 3.63) is 11.5 Å². The number of esters is 1. The molecule has 118 valence electrons. The van der Waals surface area contributed by atoms with E-state index < -0.39 is 5.97 Å². The second kappa shape index (κ2) is 6.47. The number of aryl methyl sites for hydroxylation is 1. The fraction of sp³-hybridized carbons (Fsp3) is 0.733. The largest absolute Gasteiger partial charge is 0.461 e. The Labute approximate surface area is 126 Å². The number of aromatic nitrogens is 2. The average Bonchev–Trinajstić information content (AvgIpc) is 2.99. The summed E-state index contributed by atoms with van der Waals surface area (Å²) in [4.78, 5) is 18.6. The van der Waals surface area contributed by atoms with Gasteiger partial charge < -0.3 is 19.9 Å². The predicted octanol–water partition coefficient (Wildman–Crippen LogP) is 1.68. The van der Waals surface area contributed by atoms with Gasteiger partial charge in [0.25, 0.3) is 0 Å². The van der Waals surface area contributed by atoms with Crippen molar-refractivity contribution in [3.63, 3.8) is 0 Å². The van der Waals surface area contributed by atoms with Crippen LogP contribution in [0, 0.1) is 12.8 Å². The normalized spacial score (nSPS) is 19.4. The Bertz CT molecular complexity index is 510. The van der Waals surface area contributed by atoms with Crippen LogP contribution in [-0.4, -0.2) is 46.2 Å². The van der Waals surface area contributed by atoms with Crippen LogP contribution in [0.5, 0.6) is 0 Å². The number of anilines is 1. The van der Waals surface area contributed by atoms with Crippen molar-refractivity contribution in [2.75, 3.05) is 25.4 Å². The maximum absolute atomic E-state index is 11.8. The van der Waals surface area contributed by atoms with E-state index in [0.29, 0.717) is 24.4 Å². The third-order valence-electron chi connectivity index (χ3n) is 4.15. The van der Waals surface area contributed by atoms with E-state index in [2.05, 4.69) is 23.7 Å². The van der Waals surface area contributed by atoms with Crippen LogP contribution in [-0.2, 0) is 11.3 Å². The first-order chi connectivity index (χ1) is 9.93. The number of imidazole rings is 1. The SMILES string of the molecule is CCOC(=O)c1nc(C)n(CC2CCN(C(C)C)C2)c1N. The molecule has 6 heteroatoms. The fourth-order valence-corrected chi connectivity index (χ4v) is 2.90. The minimum atomic E-state index is -0.438. The summed E-state index contributed by atoms with van der Waals surface area (Å²) in [7, 11) is 0. The zero-order valence-electron chi connectivity index (χ0n) is 13.4. The van der Waals surface area contributed by atoms with E-state index in [1.165, 1.54) is 0 Å². The molecule has 1 atom stereocenters. The topological polar surface area (TPSA) is 73.4 Å². The second-order valence-corrected chi connectivity index (χ2v) is 5.97. The van der Waals surface area contributed by atoms with Gasteiger partial charge in [0.2, 0.25) is 0 Å². The summed E-state index contributed by atoms with van der Waals surface area (Å²) in [5.41, 5.74) is 6.34. The van der Waals surface area contributed by atoms with Gasteiger partial charge in [-0.05, 0) is 46.6 Å². The molecule has 0 saturated carbocycles. The lowest BCUT2D eigenvalue weighted by atomic mass is 10.1. The van der Waals surface area contributed by atoms with E-state index in [-0.39, 0.29) is 5.69 Å². The summed E-state index contributed by atoms with van der Waals surface area (Å²) in [6.07, 6.45) is 1.16. The molecule has 1 aromatic heterocycles. The van der Waals surface area contributed by atoms with E-state index in [0.717, 1.165) is 31.9 Å². The van der Waals surface area contributed by atoms with E-state index in [1.54, 1.807) is 6.92 Å². The minimum Gasteiger partial charge on any atom is -0.461 e. The van der Waals surface area contributed by atoms with Crippen molar-refractivity contribution in [2.24, 2.45) is 5.92 Å². The molecular formula is C15H26N4O2. The standard InChI is InChI=1S/C15H26N4O2/c1-5-21-15(20)13-14(16)19(11(4)17-13)9-12-6-7-18(8-12)10(2)3/h10,12H,5-9,16H2,1-4H3. The number of carbonyl (C=O) groups is 1. The second-order valence-electron chi connectivity index (χ2n) is 5.97. The number of nitrogens with zero attached hydrogens (tertiary/aromatic N) is 3. The molecule has 1 aromatic rings. The van der Waals surface area contributed by atoms with Crippen LogP contribution < -0.4 is 5.73 Å². The van der Waals surface area contributed by atoms with Crippen LogP contribution >= 0.6 is 0 Å². The van der Waals surface area contributed by atoms with Crippen LogP contribution in [0.3, 0.4) is 0 Å². The summed E-state index contributed by atoms with van der Waals surface area (Å²) in [6.45, 7) is 11.4. The lowest BCUT2D eigenvalue weighted by Gasteiger charge is -2.20. The molecule has 0 amide bonds. The molecule has 0 aromatic carbocycles. The van der Waals surface area contributed by atoms with Gasteiger partial charge in [0, 0.05) is 19.1 Å². The first-order valence-corrected chi connectivity index (χ1v) is 7.67. The Morgan fingerprint density at radius 3 is 2.81 bits per heavy atom. The number of hydrogen-bond donors (Lipinski definition) is 1. The Balaban J connectivity index is 2.09. The highest BCUT2D eigenvalue weighted by Crippen LogP contribution is 2.24. The van der Waals surface area contributed by atoms with Gasteiger partial charge in [-0.25, -0.2) is 9.78 Å². The molecule has 0 aliphatic carbocycles. The summed E-state index contributed by atoms with van der Waals surface area (Å²) < 4.78 is 6.94. The van der Waals surface area contributed by atoms with Crippen molar-refractivity contribution in [3.8, 4) is 0 Å². The van der Waals surface area contributed by atoms with Gasteiger partial charge in [-0.3, -0.25) is 0 Å². The van der Waals surface area contributed by atoms with Gasteiger partial charge in [-0.15, -0.1) is 0 Å². The van der Waals surface area contributed by atoms with Crippen LogP contribution in [0.25, 0.3) is 0 Å². The summed E-state index contributed by atoms with van der Waals surface area (Å²) in [5, 5.41) is 0. The van der Waals surface area contributed by atoms with Crippen molar-refractivity contribution < 1.29 is 9.53 Å². The summed E-state index contributed by atoms with van der Waals surface area (Å²) >= 11 is 0. The Morgan fingerprint density at radius 2 is 2.24 bits per heavy atom. The minimum absolute atomic E-state index is 0.244. The molecule has 1 fully saturated rings. The zero-order valence-corrected chi connectivity index (χ0v) is 13.4. The molecule has 0 bridgehead atoms. The molecule has 6 nitrogen and oxygen atoms in total. The third-order valence-corrected chi connectivity index (χ3v) is 4.15. The molecule has 21 heavy (non-hydrogen) atoms. The van der Waals surface area contributed by atoms with Crippen molar-refractivity contribution in [1.82, 2.24) is 14.5 Å². The highest BCUT2D eigenvalue weighted by molar-refractivity contribution is 5.92. The van der Waals surface area contributed by atoms with Crippen LogP contribution in [0.2, 0.25) is 0 Å². The van der Waals surface area contributed by atoms with E-state index >= 15 is 0 Å². The molecule has 0 spiro atoms. The first-order valence-electron chi connectivity index (χ1n) is 7.67. The molecule has 2 rings (SSSR count). The predicted molar refractivity (Wildman–Crippen MR) is 82.1 cm³/mol. The molecule has 2 N–H and O–H groups in total. The Morgan fingerprint density at radius 1 is 1.52 bits per heavy atom. The summed E-state index contributed by atoms with van der Waals surface area (Å²) in [6, 6.07) is 0.575. The van der Waals surface area contributed by atoms with E-state index in [4.69, 9.17) is 10.5 Å². The molecule has 1 unspecified atom stereocenters. The number of nitrogens with two attached hydrogens (primary N) is 1. The Kier molecular flexibility index (Phi) is 4.88. The van der Waals surface area contributed by atoms with Crippen LogP contribution in [0.4, 0.5) is 5.82 Å². The van der Waals surface area contributed by atoms with E-state index in [9.17, 15) is 4.79 Å². The number of carbonyl (C=O) groups excluding carboxylic acids is 1. The van der Waals surface area contributed by atoms with Crippen LogP contribution in [0.1, 0.15) is 43.5 Å². The lowest BCUT2D eigenvalue weighted by Crippen LogP contribution is -2.29. The van der Waals surface area contributed by atoms with Crippen molar-refractivity contribution in [2.45, 2.75) is 46.7 Å². The average molecular weight is 294 g/mol. The number of likely N-dealkylation sites (tertiary alicyclic amines) is 1.